The van der Waals surface area contributed by atoms with E-state index in [-0.39, 0.29) is 23.4 Å². The van der Waals surface area contributed by atoms with Gasteiger partial charge < -0.3 is 9.64 Å². The predicted molar refractivity (Wildman–Crippen MR) is 103 cm³/mol. The Balaban J connectivity index is 1.69. The Hall–Kier alpha value is -2.39. The Morgan fingerprint density at radius 2 is 1.96 bits per heavy atom. The SMILES string of the molecule is CC(C)N1C[C@@]2(CCN(C(=O)c3ccn(C)n3)C2)Oc2ccccc2S1(=O)=O. The molecule has 1 aromatic heterocycles. The minimum absolute atomic E-state index is 0.169. The highest BCUT2D eigenvalue weighted by Crippen LogP contribution is 2.39. The fourth-order valence-electron chi connectivity index (χ4n) is 3.89. The first-order valence-electron chi connectivity index (χ1n) is 9.31. The number of benzene rings is 1. The topological polar surface area (TPSA) is 84.7 Å². The molecule has 9 heteroatoms. The first-order valence-corrected chi connectivity index (χ1v) is 10.7. The van der Waals surface area contributed by atoms with Gasteiger partial charge in [0.2, 0.25) is 10.0 Å². The second kappa shape index (κ2) is 6.59. The lowest BCUT2D eigenvalue weighted by molar-refractivity contribution is 0.0482. The molecule has 8 nitrogen and oxygen atoms in total. The van der Waals surface area contributed by atoms with Crippen LogP contribution in [0, 0.1) is 0 Å². The molecule has 2 aromatic rings. The molecule has 150 valence electrons. The van der Waals surface area contributed by atoms with Crippen molar-refractivity contribution >= 4 is 15.9 Å². The van der Waals surface area contributed by atoms with E-state index in [1.807, 2.05) is 13.8 Å². The van der Waals surface area contributed by atoms with E-state index in [1.165, 1.54) is 4.31 Å². The number of hydrogen-bond acceptors (Lipinski definition) is 5. The van der Waals surface area contributed by atoms with E-state index >= 15 is 0 Å². The minimum Gasteiger partial charge on any atom is -0.483 e. The van der Waals surface area contributed by atoms with Gasteiger partial charge in [-0.25, -0.2) is 8.42 Å². The van der Waals surface area contributed by atoms with Crippen molar-refractivity contribution in [3.63, 3.8) is 0 Å². The van der Waals surface area contributed by atoms with Crippen molar-refractivity contribution in [2.75, 3.05) is 19.6 Å². The fourth-order valence-corrected chi connectivity index (χ4v) is 5.72. The van der Waals surface area contributed by atoms with Crippen LogP contribution in [-0.2, 0) is 17.1 Å². The number of sulfonamides is 1. The number of nitrogens with zero attached hydrogens (tertiary/aromatic N) is 4. The normalized spacial score (nSPS) is 24.2. The molecule has 0 bridgehead atoms. The van der Waals surface area contributed by atoms with E-state index in [2.05, 4.69) is 5.10 Å². The number of fused-ring (bicyclic) bond motifs is 1. The molecule has 2 aliphatic heterocycles. The second-order valence-corrected chi connectivity index (χ2v) is 9.59. The molecule has 28 heavy (non-hydrogen) atoms. The van der Waals surface area contributed by atoms with Crippen LogP contribution in [0.2, 0.25) is 0 Å². The Labute approximate surface area is 164 Å². The molecular weight excluding hydrogens is 380 g/mol. The molecule has 1 amide bonds. The van der Waals surface area contributed by atoms with Crippen LogP contribution in [0.25, 0.3) is 0 Å². The number of ether oxygens (including phenoxy) is 1. The maximum Gasteiger partial charge on any atom is 0.274 e. The van der Waals surface area contributed by atoms with E-state index in [9.17, 15) is 13.2 Å². The minimum atomic E-state index is -3.68. The van der Waals surface area contributed by atoms with Gasteiger partial charge in [-0.2, -0.15) is 9.40 Å². The van der Waals surface area contributed by atoms with Crippen LogP contribution in [-0.4, -0.2) is 64.6 Å². The van der Waals surface area contributed by atoms with Gasteiger partial charge in [-0.15, -0.1) is 0 Å². The number of amides is 1. The fraction of sp³-hybridized carbons (Fsp3) is 0.474. The molecule has 0 unspecified atom stereocenters. The number of aromatic nitrogens is 2. The summed E-state index contributed by atoms with van der Waals surface area (Å²) in [4.78, 5) is 14.7. The summed E-state index contributed by atoms with van der Waals surface area (Å²) < 4.78 is 35.8. The zero-order valence-electron chi connectivity index (χ0n) is 16.2. The monoisotopic (exact) mass is 404 g/mol. The van der Waals surface area contributed by atoms with E-state index in [0.29, 0.717) is 31.0 Å². The van der Waals surface area contributed by atoms with Gasteiger partial charge in [0.25, 0.3) is 5.91 Å². The lowest BCUT2D eigenvalue weighted by Crippen LogP contribution is -2.51. The summed E-state index contributed by atoms with van der Waals surface area (Å²) in [6, 6.07) is 8.17. The number of para-hydroxylation sites is 1. The Morgan fingerprint density at radius 1 is 1.21 bits per heavy atom. The standard InChI is InChI=1S/C19H24N4O4S/c1-14(2)23-13-19(27-16-6-4-5-7-17(16)28(23,25)26)9-11-22(12-19)18(24)15-8-10-21(3)20-15/h4-8,10,14H,9,11-13H2,1-3H3/t19-/m0/s1. The van der Waals surface area contributed by atoms with Crippen LogP contribution < -0.4 is 4.74 Å². The third-order valence-electron chi connectivity index (χ3n) is 5.32. The smallest absolute Gasteiger partial charge is 0.274 e. The van der Waals surface area contributed by atoms with Crippen molar-refractivity contribution in [2.45, 2.75) is 36.8 Å². The lowest BCUT2D eigenvalue weighted by Gasteiger charge is -2.33. The van der Waals surface area contributed by atoms with Gasteiger partial charge in [0, 0.05) is 32.3 Å². The second-order valence-electron chi connectivity index (χ2n) is 7.73. The van der Waals surface area contributed by atoms with Gasteiger partial charge >= 0.3 is 0 Å². The van der Waals surface area contributed by atoms with Gasteiger partial charge in [0.1, 0.15) is 21.9 Å². The number of rotatable bonds is 2. The highest BCUT2D eigenvalue weighted by atomic mass is 32.2. The van der Waals surface area contributed by atoms with Crippen LogP contribution in [0.4, 0.5) is 0 Å². The van der Waals surface area contributed by atoms with E-state index in [0.717, 1.165) is 0 Å². The average Bonchev–Trinajstić information content (AvgIpc) is 3.24. The van der Waals surface area contributed by atoms with Crippen LogP contribution >= 0.6 is 0 Å². The summed E-state index contributed by atoms with van der Waals surface area (Å²) in [6.07, 6.45) is 2.28. The Bertz CT molecular complexity index is 1020. The maximum absolute atomic E-state index is 13.2. The third kappa shape index (κ3) is 3.08. The van der Waals surface area contributed by atoms with E-state index < -0.39 is 15.6 Å². The molecule has 0 aliphatic carbocycles. The van der Waals surface area contributed by atoms with Crippen molar-refractivity contribution in [1.82, 2.24) is 19.0 Å². The Morgan fingerprint density at radius 3 is 2.64 bits per heavy atom. The summed E-state index contributed by atoms with van der Waals surface area (Å²) >= 11 is 0. The summed E-state index contributed by atoms with van der Waals surface area (Å²) in [5.41, 5.74) is -0.407. The van der Waals surface area contributed by atoms with Crippen molar-refractivity contribution < 1.29 is 17.9 Å². The zero-order valence-corrected chi connectivity index (χ0v) is 17.0. The van der Waals surface area contributed by atoms with Crippen LogP contribution in [0.3, 0.4) is 0 Å². The van der Waals surface area contributed by atoms with Crippen LogP contribution in [0.5, 0.6) is 5.75 Å². The van der Waals surface area contributed by atoms with Crippen LogP contribution in [0.15, 0.2) is 41.4 Å². The number of hydrogen-bond donors (Lipinski definition) is 0. The van der Waals surface area contributed by atoms with Crippen molar-refractivity contribution in [2.24, 2.45) is 7.05 Å². The molecule has 2 aliphatic rings. The molecule has 0 N–H and O–H groups in total. The molecule has 1 saturated heterocycles. The van der Waals surface area contributed by atoms with Gasteiger partial charge in [-0.05, 0) is 32.0 Å². The number of likely N-dealkylation sites (tertiary alicyclic amines) is 1. The quantitative estimate of drug-likeness (QED) is 0.757. The molecule has 0 radical (unpaired) electrons. The summed E-state index contributed by atoms with van der Waals surface area (Å²) in [6.45, 7) is 4.71. The largest absolute Gasteiger partial charge is 0.483 e. The molecule has 1 aromatic carbocycles. The number of aryl methyl sites for hydroxylation is 1. The van der Waals surface area contributed by atoms with Gasteiger partial charge in [0.05, 0.1) is 13.1 Å². The lowest BCUT2D eigenvalue weighted by atomic mass is 10.0. The van der Waals surface area contributed by atoms with Crippen molar-refractivity contribution in [3.8, 4) is 5.75 Å². The number of carbonyl (C=O) groups is 1. The first kappa shape index (κ1) is 18.9. The molecule has 1 spiro atoms. The molecule has 4 rings (SSSR count). The highest BCUT2D eigenvalue weighted by Gasteiger charge is 2.49. The molecule has 0 saturated carbocycles. The third-order valence-corrected chi connectivity index (χ3v) is 7.38. The summed E-state index contributed by atoms with van der Waals surface area (Å²) in [7, 11) is -1.92. The highest BCUT2D eigenvalue weighted by molar-refractivity contribution is 7.89. The summed E-state index contributed by atoms with van der Waals surface area (Å²) in [5, 5.41) is 4.19. The Kier molecular flexibility index (Phi) is 4.46. The molecule has 3 heterocycles. The van der Waals surface area contributed by atoms with Crippen molar-refractivity contribution in [3.05, 3.63) is 42.2 Å². The average molecular weight is 404 g/mol. The number of carbonyl (C=O) groups excluding carboxylic acids is 1. The predicted octanol–water partition coefficient (Wildman–Crippen LogP) is 1.50. The zero-order chi connectivity index (χ0) is 20.1. The molecule has 1 fully saturated rings. The van der Waals surface area contributed by atoms with Crippen LogP contribution in [0.1, 0.15) is 30.8 Å². The maximum atomic E-state index is 13.2. The molecule has 1 atom stereocenters. The van der Waals surface area contributed by atoms with Crippen molar-refractivity contribution in [1.29, 1.82) is 0 Å². The van der Waals surface area contributed by atoms with Gasteiger partial charge in [-0.1, -0.05) is 12.1 Å². The molecular formula is C19H24N4O4S. The summed E-state index contributed by atoms with van der Waals surface area (Å²) in [5.74, 6) is 0.176. The van der Waals surface area contributed by atoms with Gasteiger partial charge in [0.15, 0.2) is 0 Å². The van der Waals surface area contributed by atoms with E-state index in [4.69, 9.17) is 4.74 Å². The van der Waals surface area contributed by atoms with E-state index in [1.54, 1.807) is 53.2 Å². The van der Waals surface area contributed by atoms with Gasteiger partial charge in [-0.3, -0.25) is 9.48 Å². The first-order chi connectivity index (χ1) is 13.2.